The van der Waals surface area contributed by atoms with Gasteiger partial charge < -0.3 is 10.2 Å². The summed E-state index contributed by atoms with van der Waals surface area (Å²) in [5.41, 5.74) is 0.767. The van der Waals surface area contributed by atoms with Crippen LogP contribution in [0.15, 0.2) is 59.5 Å². The van der Waals surface area contributed by atoms with E-state index in [0.717, 1.165) is 31.2 Å². The van der Waals surface area contributed by atoms with Crippen molar-refractivity contribution in [1.29, 1.82) is 0 Å². The first kappa shape index (κ1) is 28.2. The van der Waals surface area contributed by atoms with Crippen LogP contribution in [0.5, 0.6) is 0 Å². The fourth-order valence-corrected chi connectivity index (χ4v) is 6.01. The van der Waals surface area contributed by atoms with Gasteiger partial charge in [-0.05, 0) is 49.4 Å². The maximum absolute atomic E-state index is 13.4. The minimum Gasteiger partial charge on any atom is -0.352 e. The first-order valence-corrected chi connectivity index (χ1v) is 14.4. The summed E-state index contributed by atoms with van der Waals surface area (Å²) < 4.78 is 26.8. The van der Waals surface area contributed by atoms with E-state index in [2.05, 4.69) is 5.32 Å². The van der Waals surface area contributed by atoms with Gasteiger partial charge >= 0.3 is 0 Å². The van der Waals surface area contributed by atoms with Crippen LogP contribution >= 0.6 is 11.6 Å². The SMILES string of the molecule is CC[C@H](C(=O)NC1CCCC1)N(Cc1ccccc1Cl)C(=O)CCCN(C)S(=O)(=O)c1ccccc1. The third kappa shape index (κ3) is 7.31. The molecule has 196 valence electrons. The van der Waals surface area contributed by atoms with Gasteiger partial charge in [0, 0.05) is 37.6 Å². The van der Waals surface area contributed by atoms with Crippen molar-refractivity contribution in [1.82, 2.24) is 14.5 Å². The zero-order chi connectivity index (χ0) is 26.1. The van der Waals surface area contributed by atoms with Gasteiger partial charge in [-0.3, -0.25) is 9.59 Å². The van der Waals surface area contributed by atoms with E-state index in [9.17, 15) is 18.0 Å². The molecule has 0 aromatic heterocycles. The number of amides is 2. The topological polar surface area (TPSA) is 86.8 Å². The van der Waals surface area contributed by atoms with Crippen LogP contribution in [0.4, 0.5) is 0 Å². The summed E-state index contributed by atoms with van der Waals surface area (Å²) in [5, 5.41) is 3.66. The lowest BCUT2D eigenvalue weighted by atomic mass is 10.1. The standard InChI is InChI=1S/C27H36ClN3O4S/c1-3-25(27(33)29-22-13-8-9-14-22)31(20-21-12-7-10-17-24(21)28)26(32)18-11-19-30(2)36(34,35)23-15-5-4-6-16-23/h4-7,10,12,15-17,22,25H,3,8-9,11,13-14,18-20H2,1-2H3,(H,29,33)/t25-/m1/s1. The molecule has 0 unspecified atom stereocenters. The van der Waals surface area contributed by atoms with Gasteiger partial charge in [-0.25, -0.2) is 12.7 Å². The summed E-state index contributed by atoms with van der Waals surface area (Å²) in [6, 6.07) is 15.1. The van der Waals surface area contributed by atoms with E-state index in [0.29, 0.717) is 17.9 Å². The predicted octanol–water partition coefficient (Wildman–Crippen LogP) is 4.61. The predicted molar refractivity (Wildman–Crippen MR) is 142 cm³/mol. The largest absolute Gasteiger partial charge is 0.352 e. The third-order valence-corrected chi connectivity index (χ3v) is 8.94. The van der Waals surface area contributed by atoms with E-state index >= 15 is 0 Å². The van der Waals surface area contributed by atoms with Crippen molar-refractivity contribution in [3.05, 3.63) is 65.2 Å². The lowest BCUT2D eigenvalue weighted by Gasteiger charge is -2.32. The second-order valence-electron chi connectivity index (χ2n) is 9.27. The quantitative estimate of drug-likeness (QED) is 0.432. The van der Waals surface area contributed by atoms with Crippen LogP contribution in [0.25, 0.3) is 0 Å². The third-order valence-electron chi connectivity index (χ3n) is 6.70. The summed E-state index contributed by atoms with van der Waals surface area (Å²) in [6.45, 7) is 2.30. The van der Waals surface area contributed by atoms with Gasteiger partial charge in [0.25, 0.3) is 0 Å². The number of benzene rings is 2. The first-order valence-electron chi connectivity index (χ1n) is 12.6. The maximum Gasteiger partial charge on any atom is 0.243 e. The molecular weight excluding hydrogens is 498 g/mol. The Morgan fingerprint density at radius 1 is 1.06 bits per heavy atom. The molecule has 1 atom stereocenters. The summed E-state index contributed by atoms with van der Waals surface area (Å²) in [6.07, 6.45) is 5.04. The van der Waals surface area contributed by atoms with E-state index in [1.54, 1.807) is 41.3 Å². The average Bonchev–Trinajstić information content (AvgIpc) is 3.38. The Kier molecular flexibility index (Phi) is 10.3. The Balaban J connectivity index is 1.70. The lowest BCUT2D eigenvalue weighted by molar-refractivity contribution is -0.141. The molecule has 7 nitrogen and oxygen atoms in total. The number of rotatable bonds is 12. The number of nitrogens with one attached hydrogen (secondary N) is 1. The molecule has 0 saturated heterocycles. The molecule has 2 amide bonds. The molecule has 36 heavy (non-hydrogen) atoms. The molecule has 1 aliphatic rings. The lowest BCUT2D eigenvalue weighted by Crippen LogP contribution is -2.51. The van der Waals surface area contributed by atoms with E-state index in [1.165, 1.54) is 11.4 Å². The molecule has 1 saturated carbocycles. The summed E-state index contributed by atoms with van der Waals surface area (Å²) in [5.74, 6) is -0.345. The molecule has 0 aliphatic heterocycles. The van der Waals surface area contributed by atoms with Crippen molar-refractivity contribution in [2.75, 3.05) is 13.6 Å². The van der Waals surface area contributed by atoms with Gasteiger partial charge in [0.1, 0.15) is 6.04 Å². The van der Waals surface area contributed by atoms with Crippen molar-refractivity contribution >= 4 is 33.4 Å². The van der Waals surface area contributed by atoms with Gasteiger partial charge in [-0.15, -0.1) is 0 Å². The molecule has 1 N–H and O–H groups in total. The second kappa shape index (κ2) is 13.2. The smallest absolute Gasteiger partial charge is 0.243 e. The number of carbonyl (C=O) groups is 2. The van der Waals surface area contributed by atoms with Crippen molar-refractivity contribution < 1.29 is 18.0 Å². The molecule has 1 fully saturated rings. The van der Waals surface area contributed by atoms with E-state index in [-0.39, 0.29) is 42.3 Å². The van der Waals surface area contributed by atoms with Crippen LogP contribution in [-0.2, 0) is 26.2 Å². The highest BCUT2D eigenvalue weighted by Crippen LogP contribution is 2.22. The van der Waals surface area contributed by atoms with Gasteiger partial charge in [0.2, 0.25) is 21.8 Å². The summed E-state index contributed by atoms with van der Waals surface area (Å²) in [7, 11) is -2.12. The number of halogens is 1. The molecule has 3 rings (SSSR count). The fourth-order valence-electron chi connectivity index (χ4n) is 4.59. The van der Waals surface area contributed by atoms with Crippen molar-refractivity contribution in [2.24, 2.45) is 0 Å². The molecule has 0 spiro atoms. The molecule has 2 aromatic rings. The molecule has 9 heteroatoms. The number of nitrogens with zero attached hydrogens (tertiary/aromatic N) is 2. The number of carbonyl (C=O) groups excluding carboxylic acids is 2. The molecular formula is C27H36ClN3O4S. The Labute approximate surface area is 219 Å². The van der Waals surface area contributed by atoms with Crippen molar-refractivity contribution in [3.8, 4) is 0 Å². The molecule has 1 aliphatic carbocycles. The van der Waals surface area contributed by atoms with Crippen molar-refractivity contribution in [3.63, 3.8) is 0 Å². The van der Waals surface area contributed by atoms with Crippen LogP contribution in [-0.4, -0.2) is 55.1 Å². The Morgan fingerprint density at radius 3 is 2.33 bits per heavy atom. The maximum atomic E-state index is 13.4. The first-order chi connectivity index (χ1) is 17.2. The van der Waals surface area contributed by atoms with Gasteiger partial charge in [0.05, 0.1) is 4.90 Å². The van der Waals surface area contributed by atoms with Crippen LogP contribution in [0.2, 0.25) is 5.02 Å². The van der Waals surface area contributed by atoms with Gasteiger partial charge in [0.15, 0.2) is 0 Å². The Bertz CT molecular complexity index is 1120. The van der Waals surface area contributed by atoms with Gasteiger partial charge in [-0.2, -0.15) is 0 Å². The van der Waals surface area contributed by atoms with Crippen LogP contribution in [0.3, 0.4) is 0 Å². The summed E-state index contributed by atoms with van der Waals surface area (Å²) in [4.78, 5) is 28.4. The normalized spacial score (nSPS) is 15.1. The zero-order valence-electron chi connectivity index (χ0n) is 21.0. The van der Waals surface area contributed by atoms with Crippen LogP contribution in [0.1, 0.15) is 57.4 Å². The number of hydrogen-bond donors (Lipinski definition) is 1. The van der Waals surface area contributed by atoms with Crippen molar-refractivity contribution in [2.45, 2.75) is 75.4 Å². The molecule has 0 bridgehead atoms. The van der Waals surface area contributed by atoms with Gasteiger partial charge in [-0.1, -0.05) is 67.8 Å². The molecule has 0 radical (unpaired) electrons. The average molecular weight is 534 g/mol. The van der Waals surface area contributed by atoms with E-state index < -0.39 is 16.1 Å². The fraction of sp³-hybridized carbons (Fsp3) is 0.481. The monoisotopic (exact) mass is 533 g/mol. The molecule has 2 aromatic carbocycles. The van der Waals surface area contributed by atoms with Crippen LogP contribution in [0, 0.1) is 0 Å². The minimum absolute atomic E-state index is 0.117. The highest BCUT2D eigenvalue weighted by atomic mass is 35.5. The number of hydrogen-bond acceptors (Lipinski definition) is 4. The Morgan fingerprint density at radius 2 is 1.69 bits per heavy atom. The molecule has 0 heterocycles. The highest BCUT2D eigenvalue weighted by Gasteiger charge is 2.31. The van der Waals surface area contributed by atoms with Crippen LogP contribution < -0.4 is 5.32 Å². The van der Waals surface area contributed by atoms with E-state index in [1.807, 2.05) is 25.1 Å². The van der Waals surface area contributed by atoms with E-state index in [4.69, 9.17) is 11.6 Å². The summed E-state index contributed by atoms with van der Waals surface area (Å²) >= 11 is 6.38. The Hall–Kier alpha value is -2.42. The second-order valence-corrected chi connectivity index (χ2v) is 11.7. The number of sulfonamides is 1. The minimum atomic E-state index is -3.63. The highest BCUT2D eigenvalue weighted by molar-refractivity contribution is 7.89. The zero-order valence-corrected chi connectivity index (χ0v) is 22.6.